The van der Waals surface area contributed by atoms with Crippen molar-refractivity contribution >= 4 is 21.8 Å². The molecule has 0 unspecified atom stereocenters. The van der Waals surface area contributed by atoms with E-state index < -0.39 is 10.0 Å². The molecule has 0 spiro atoms. The average molecular weight is 363 g/mol. The molecule has 0 radical (unpaired) electrons. The van der Waals surface area contributed by atoms with Gasteiger partial charge in [-0.15, -0.1) is 4.40 Å². The van der Waals surface area contributed by atoms with Crippen molar-refractivity contribution in [1.29, 1.82) is 0 Å². The van der Waals surface area contributed by atoms with Gasteiger partial charge < -0.3 is 10.2 Å². The highest BCUT2D eigenvalue weighted by Gasteiger charge is 2.34. The van der Waals surface area contributed by atoms with E-state index in [1.807, 2.05) is 11.0 Å². The lowest BCUT2D eigenvalue weighted by molar-refractivity contribution is -0.126. The summed E-state index contributed by atoms with van der Waals surface area (Å²) < 4.78 is 28.3. The molecule has 0 atom stereocenters. The van der Waals surface area contributed by atoms with Crippen LogP contribution in [0.3, 0.4) is 0 Å². The summed E-state index contributed by atoms with van der Waals surface area (Å²) in [5.41, 5.74) is 0.669. The second-order valence-electron chi connectivity index (χ2n) is 6.67. The van der Waals surface area contributed by atoms with Gasteiger partial charge in [0.1, 0.15) is 4.90 Å². The number of nitrogens with one attached hydrogen (secondary N) is 1. The molecule has 1 amide bonds. The highest BCUT2D eigenvalue weighted by Crippen LogP contribution is 2.29. The van der Waals surface area contributed by atoms with Gasteiger partial charge in [-0.1, -0.05) is 26.0 Å². The number of hydrogen-bond donors (Lipinski definition) is 1. The number of hydrogen-bond acceptors (Lipinski definition) is 4. The van der Waals surface area contributed by atoms with Crippen molar-refractivity contribution in [2.75, 3.05) is 13.1 Å². The molecule has 3 rings (SSSR count). The van der Waals surface area contributed by atoms with Gasteiger partial charge >= 0.3 is 0 Å². The van der Waals surface area contributed by atoms with Crippen LogP contribution in [0.15, 0.2) is 33.6 Å². The molecule has 1 fully saturated rings. The Morgan fingerprint density at radius 1 is 1.24 bits per heavy atom. The molecule has 0 bridgehead atoms. The van der Waals surface area contributed by atoms with Gasteiger partial charge in [-0.05, 0) is 37.8 Å². The molecule has 6 nitrogen and oxygen atoms in total. The van der Waals surface area contributed by atoms with Crippen molar-refractivity contribution in [3.05, 3.63) is 29.8 Å². The molecule has 25 heavy (non-hydrogen) atoms. The van der Waals surface area contributed by atoms with E-state index in [9.17, 15) is 13.2 Å². The Morgan fingerprint density at radius 2 is 1.88 bits per heavy atom. The number of fused-ring (bicyclic) bond motifs is 1. The highest BCUT2D eigenvalue weighted by atomic mass is 32.2. The number of amidine groups is 1. The van der Waals surface area contributed by atoms with Crippen LogP contribution < -0.4 is 5.32 Å². The largest absolute Gasteiger partial charge is 0.355 e. The first-order chi connectivity index (χ1) is 12.0. The molecule has 1 aromatic carbocycles. The van der Waals surface area contributed by atoms with Gasteiger partial charge in [0.25, 0.3) is 10.0 Å². The predicted octanol–water partition coefficient (Wildman–Crippen LogP) is 2.15. The molecule has 1 N–H and O–H groups in total. The van der Waals surface area contributed by atoms with Crippen molar-refractivity contribution in [2.24, 2.45) is 10.3 Å². The number of amides is 1. The Balaban J connectivity index is 1.67. The van der Waals surface area contributed by atoms with Crippen molar-refractivity contribution in [1.82, 2.24) is 10.2 Å². The maximum Gasteiger partial charge on any atom is 0.285 e. The van der Waals surface area contributed by atoms with Crippen LogP contribution in [-0.4, -0.2) is 44.2 Å². The zero-order valence-electron chi connectivity index (χ0n) is 14.7. The second kappa shape index (κ2) is 7.15. The first kappa shape index (κ1) is 17.9. The summed E-state index contributed by atoms with van der Waals surface area (Å²) in [5.74, 6) is 0.634. The molecule has 1 saturated heterocycles. The van der Waals surface area contributed by atoms with Crippen LogP contribution in [0.4, 0.5) is 0 Å². The maximum atomic E-state index is 12.4. The first-order valence-corrected chi connectivity index (χ1v) is 10.4. The van der Waals surface area contributed by atoms with E-state index in [2.05, 4.69) is 23.6 Å². The topological polar surface area (TPSA) is 78.8 Å². The number of sulfonamides is 1. The standard InChI is InChI=1S/C18H25N3O3S/c1-3-14(4-2)19-18(22)13-9-11-21(12-10-13)17-15-7-5-6-8-16(15)25(23,24)20-17/h5-8,13-14H,3-4,9-12H2,1-2H3,(H,19,22). The summed E-state index contributed by atoms with van der Waals surface area (Å²) in [7, 11) is -3.59. The lowest BCUT2D eigenvalue weighted by Gasteiger charge is -2.33. The van der Waals surface area contributed by atoms with Crippen molar-refractivity contribution in [3.8, 4) is 0 Å². The molecule has 2 aliphatic heterocycles. The van der Waals surface area contributed by atoms with Gasteiger partial charge in [-0.2, -0.15) is 8.42 Å². The Bertz CT molecular complexity index is 777. The Hall–Kier alpha value is -1.89. The number of piperidine rings is 1. The summed E-state index contributed by atoms with van der Waals surface area (Å²) >= 11 is 0. The Kier molecular flexibility index (Phi) is 5.13. The van der Waals surface area contributed by atoms with E-state index in [4.69, 9.17) is 0 Å². The molecule has 2 heterocycles. The molecule has 1 aromatic rings. The minimum Gasteiger partial charge on any atom is -0.355 e. The fourth-order valence-corrected chi connectivity index (χ4v) is 4.71. The minimum atomic E-state index is -3.59. The number of carbonyl (C=O) groups excluding carboxylic acids is 1. The lowest BCUT2D eigenvalue weighted by atomic mass is 9.94. The fourth-order valence-electron chi connectivity index (χ4n) is 3.48. The molecule has 0 aromatic heterocycles. The molecule has 7 heteroatoms. The van der Waals surface area contributed by atoms with Crippen molar-refractivity contribution in [3.63, 3.8) is 0 Å². The third kappa shape index (κ3) is 3.56. The van der Waals surface area contributed by atoms with Crippen LogP contribution >= 0.6 is 0 Å². The van der Waals surface area contributed by atoms with Gasteiger partial charge in [0.05, 0.1) is 0 Å². The normalized spacial score (nSPS) is 19.6. The van der Waals surface area contributed by atoms with Crippen LogP contribution in [0, 0.1) is 5.92 Å². The van der Waals surface area contributed by atoms with Gasteiger partial charge in [0.2, 0.25) is 5.91 Å². The number of benzene rings is 1. The van der Waals surface area contributed by atoms with Crippen LogP contribution in [0.25, 0.3) is 0 Å². The molecular weight excluding hydrogens is 338 g/mol. The quantitative estimate of drug-likeness (QED) is 0.889. The zero-order valence-corrected chi connectivity index (χ0v) is 15.6. The van der Waals surface area contributed by atoms with E-state index >= 15 is 0 Å². The minimum absolute atomic E-state index is 0.00861. The number of rotatable bonds is 4. The Labute approximate surface area is 149 Å². The third-order valence-electron chi connectivity index (χ3n) is 5.11. The number of nitrogens with zero attached hydrogens (tertiary/aromatic N) is 2. The van der Waals surface area contributed by atoms with Crippen LogP contribution in [0.2, 0.25) is 0 Å². The smallest absolute Gasteiger partial charge is 0.285 e. The van der Waals surface area contributed by atoms with E-state index in [1.54, 1.807) is 18.2 Å². The van der Waals surface area contributed by atoms with Crippen molar-refractivity contribution < 1.29 is 13.2 Å². The van der Waals surface area contributed by atoms with E-state index in [1.165, 1.54) is 0 Å². The summed E-state index contributed by atoms with van der Waals surface area (Å²) in [4.78, 5) is 14.7. The number of likely N-dealkylation sites (tertiary alicyclic amines) is 1. The first-order valence-electron chi connectivity index (χ1n) is 8.96. The lowest BCUT2D eigenvalue weighted by Crippen LogP contribution is -2.45. The molecule has 2 aliphatic rings. The Morgan fingerprint density at radius 3 is 2.52 bits per heavy atom. The molecule has 136 valence electrons. The number of carbonyl (C=O) groups is 1. The van der Waals surface area contributed by atoms with Crippen molar-refractivity contribution in [2.45, 2.75) is 50.5 Å². The summed E-state index contributed by atoms with van der Waals surface area (Å²) in [6.45, 7) is 5.44. The molecule has 0 saturated carbocycles. The second-order valence-corrected chi connectivity index (χ2v) is 8.24. The maximum absolute atomic E-state index is 12.4. The van der Waals surface area contributed by atoms with Gasteiger partial charge in [-0.25, -0.2) is 0 Å². The highest BCUT2D eigenvalue weighted by molar-refractivity contribution is 7.90. The average Bonchev–Trinajstić information content (AvgIpc) is 2.91. The summed E-state index contributed by atoms with van der Waals surface area (Å²) in [6, 6.07) is 7.16. The fraction of sp³-hybridized carbons (Fsp3) is 0.556. The van der Waals surface area contributed by atoms with E-state index in [0.29, 0.717) is 37.3 Å². The molecular formula is C18H25N3O3S. The summed E-state index contributed by atoms with van der Waals surface area (Å²) in [5, 5.41) is 3.12. The van der Waals surface area contributed by atoms with E-state index in [-0.39, 0.29) is 22.8 Å². The van der Waals surface area contributed by atoms with Gasteiger partial charge in [-0.3, -0.25) is 4.79 Å². The third-order valence-corrected chi connectivity index (χ3v) is 6.43. The van der Waals surface area contributed by atoms with Gasteiger partial charge in [0, 0.05) is 30.6 Å². The van der Waals surface area contributed by atoms with Crippen LogP contribution in [0.1, 0.15) is 45.1 Å². The van der Waals surface area contributed by atoms with Gasteiger partial charge in [0.15, 0.2) is 5.84 Å². The SMILES string of the molecule is CCC(CC)NC(=O)C1CCN(C2=NS(=O)(=O)c3ccccc32)CC1. The van der Waals surface area contributed by atoms with Crippen LogP contribution in [0.5, 0.6) is 0 Å². The predicted molar refractivity (Wildman–Crippen MR) is 97.0 cm³/mol. The zero-order chi connectivity index (χ0) is 18.0. The molecule has 0 aliphatic carbocycles. The monoisotopic (exact) mass is 363 g/mol. The van der Waals surface area contributed by atoms with E-state index in [0.717, 1.165) is 12.8 Å². The van der Waals surface area contributed by atoms with Crippen LogP contribution in [-0.2, 0) is 14.8 Å². The summed E-state index contributed by atoms with van der Waals surface area (Å²) in [6.07, 6.45) is 3.31.